The van der Waals surface area contributed by atoms with Gasteiger partial charge in [0.1, 0.15) is 0 Å². The Morgan fingerprint density at radius 2 is 1.78 bits per heavy atom. The maximum absolute atomic E-state index is 13.8. The number of hydrogen-bond acceptors (Lipinski definition) is 1. The minimum atomic E-state index is -2.81. The van der Waals surface area contributed by atoms with E-state index < -0.39 is 17.3 Å². The van der Waals surface area contributed by atoms with Gasteiger partial charge in [-0.1, -0.05) is 38.1 Å². The molecule has 1 nitrogen and oxygen atoms in total. The van der Waals surface area contributed by atoms with E-state index in [0.29, 0.717) is 0 Å². The van der Waals surface area contributed by atoms with E-state index in [-0.39, 0.29) is 5.56 Å². The maximum Gasteiger partial charge on any atom is 0.275 e. The molecule has 0 unspecified atom stereocenters. The van der Waals surface area contributed by atoms with Crippen molar-refractivity contribution in [1.29, 1.82) is 5.26 Å². The molecule has 1 aliphatic carbocycles. The van der Waals surface area contributed by atoms with Gasteiger partial charge in [0.15, 0.2) is 0 Å². The number of nitriles is 1. The summed E-state index contributed by atoms with van der Waals surface area (Å²) in [7, 11) is 0. The van der Waals surface area contributed by atoms with E-state index >= 15 is 0 Å². The molecule has 0 N–H and O–H groups in total. The quantitative estimate of drug-likeness (QED) is 0.779. The summed E-state index contributed by atoms with van der Waals surface area (Å²) in [4.78, 5) is 0. The first-order valence-electron chi connectivity index (χ1n) is 6.32. The molecule has 0 aliphatic heterocycles. The highest BCUT2D eigenvalue weighted by molar-refractivity contribution is 5.37. The minimum Gasteiger partial charge on any atom is -0.201 e. The second kappa shape index (κ2) is 4.35. The van der Waals surface area contributed by atoms with Crippen LogP contribution in [0.1, 0.15) is 44.2 Å². The molecule has 1 aliphatic rings. The van der Waals surface area contributed by atoms with Gasteiger partial charge in [0.2, 0.25) is 0 Å². The van der Waals surface area contributed by atoms with E-state index in [4.69, 9.17) is 0 Å². The predicted molar refractivity (Wildman–Crippen MR) is 66.3 cm³/mol. The Kier molecular flexibility index (Phi) is 3.14. The molecule has 3 heteroatoms. The molecule has 0 spiro atoms. The molecule has 1 aromatic rings. The third-order valence-electron chi connectivity index (χ3n) is 3.97. The summed E-state index contributed by atoms with van der Waals surface area (Å²) in [5.74, 6) is -3.53. The molecule has 1 aromatic carbocycles. The smallest absolute Gasteiger partial charge is 0.201 e. The van der Waals surface area contributed by atoms with Gasteiger partial charge in [0.05, 0.1) is 11.5 Å². The van der Waals surface area contributed by atoms with E-state index in [1.807, 2.05) is 0 Å². The maximum atomic E-state index is 13.8. The first-order valence-corrected chi connectivity index (χ1v) is 6.32. The van der Waals surface area contributed by atoms with Crippen molar-refractivity contribution in [2.75, 3.05) is 0 Å². The second-order valence-corrected chi connectivity index (χ2v) is 5.40. The fourth-order valence-electron chi connectivity index (χ4n) is 2.34. The van der Waals surface area contributed by atoms with Crippen molar-refractivity contribution in [2.45, 2.75) is 44.4 Å². The molecule has 0 radical (unpaired) electrons. The lowest BCUT2D eigenvalue weighted by atomic mass is 9.65. The molecule has 1 fully saturated rings. The van der Waals surface area contributed by atoms with Crippen LogP contribution in [0, 0.1) is 17.2 Å². The van der Waals surface area contributed by atoms with E-state index in [9.17, 15) is 14.0 Å². The Morgan fingerprint density at radius 3 is 2.11 bits per heavy atom. The Morgan fingerprint density at radius 1 is 1.22 bits per heavy atom. The van der Waals surface area contributed by atoms with Crippen LogP contribution in [-0.2, 0) is 11.3 Å². The number of benzene rings is 1. The lowest BCUT2D eigenvalue weighted by Crippen LogP contribution is -2.32. The monoisotopic (exact) mass is 249 g/mol. The second-order valence-electron chi connectivity index (χ2n) is 5.40. The summed E-state index contributed by atoms with van der Waals surface area (Å²) < 4.78 is 27.6. The molecule has 0 aromatic heterocycles. The number of rotatable bonds is 3. The first kappa shape index (κ1) is 13.0. The zero-order chi connectivity index (χ0) is 13.4. The van der Waals surface area contributed by atoms with Crippen LogP contribution in [0.3, 0.4) is 0 Å². The van der Waals surface area contributed by atoms with Gasteiger partial charge in [-0.3, -0.25) is 0 Å². The van der Waals surface area contributed by atoms with Gasteiger partial charge in [-0.05, 0) is 24.8 Å². The van der Waals surface area contributed by atoms with Crippen molar-refractivity contribution in [1.82, 2.24) is 0 Å². The van der Waals surface area contributed by atoms with Crippen molar-refractivity contribution in [3.8, 4) is 6.07 Å². The topological polar surface area (TPSA) is 23.8 Å². The summed E-state index contributed by atoms with van der Waals surface area (Å²) in [6.45, 7) is 3.02. The van der Waals surface area contributed by atoms with Crippen molar-refractivity contribution < 1.29 is 8.78 Å². The predicted octanol–water partition coefficient (Wildman–Crippen LogP) is 4.38. The van der Waals surface area contributed by atoms with Crippen molar-refractivity contribution >= 4 is 0 Å². The lowest BCUT2D eigenvalue weighted by Gasteiger charge is -2.35. The molecule has 0 amide bonds. The number of halogens is 2. The zero-order valence-corrected chi connectivity index (χ0v) is 10.7. The Labute approximate surface area is 106 Å². The first-order chi connectivity index (χ1) is 8.42. The molecule has 0 atom stereocenters. The summed E-state index contributed by atoms with van der Waals surface area (Å²) >= 11 is 0. The molecular weight excluding hydrogens is 232 g/mol. The van der Waals surface area contributed by atoms with Crippen LogP contribution in [0.4, 0.5) is 8.78 Å². The molecule has 0 bridgehead atoms. The highest BCUT2D eigenvalue weighted by Crippen LogP contribution is 2.44. The summed E-state index contributed by atoms with van der Waals surface area (Å²) in [5, 5.41) is 9.21. The van der Waals surface area contributed by atoms with Gasteiger partial charge in [0, 0.05) is 11.5 Å². The van der Waals surface area contributed by atoms with Crippen LogP contribution >= 0.6 is 0 Å². The highest BCUT2D eigenvalue weighted by Gasteiger charge is 2.40. The van der Waals surface area contributed by atoms with Crippen LogP contribution in [0.15, 0.2) is 24.3 Å². The standard InChI is InChI=1S/C15H17F2N/c1-11(2)15(16,17)13-6-4-12(5-7-13)14(10-18)8-3-9-14/h4-7,11H,3,8-9H2,1-2H3. The molecule has 1 saturated carbocycles. The Balaban J connectivity index is 2.29. The Hall–Kier alpha value is -1.43. The fraction of sp³-hybridized carbons (Fsp3) is 0.533. The normalized spacial score (nSPS) is 18.2. The zero-order valence-electron chi connectivity index (χ0n) is 10.7. The molecule has 0 saturated heterocycles. The number of nitrogens with zero attached hydrogens (tertiary/aromatic N) is 1. The highest BCUT2D eigenvalue weighted by atomic mass is 19.3. The van der Waals surface area contributed by atoms with Gasteiger partial charge in [0.25, 0.3) is 5.92 Å². The van der Waals surface area contributed by atoms with Crippen LogP contribution in [0.2, 0.25) is 0 Å². The number of hydrogen-bond donors (Lipinski definition) is 0. The Bertz CT molecular complexity index is 464. The molecule has 0 heterocycles. The van der Waals surface area contributed by atoms with Crippen LogP contribution in [0.25, 0.3) is 0 Å². The fourth-order valence-corrected chi connectivity index (χ4v) is 2.34. The molecule has 2 rings (SSSR count). The third-order valence-corrected chi connectivity index (χ3v) is 3.97. The van der Waals surface area contributed by atoms with Crippen molar-refractivity contribution in [2.24, 2.45) is 5.92 Å². The molecular formula is C15H17F2N. The summed E-state index contributed by atoms with van der Waals surface area (Å²) in [5.41, 5.74) is 0.485. The minimum absolute atomic E-state index is 0.0358. The number of alkyl halides is 2. The average Bonchev–Trinajstić information content (AvgIpc) is 2.29. The van der Waals surface area contributed by atoms with Gasteiger partial charge >= 0.3 is 0 Å². The van der Waals surface area contributed by atoms with Crippen LogP contribution < -0.4 is 0 Å². The summed E-state index contributed by atoms with van der Waals surface area (Å²) in [6, 6.07) is 8.63. The van der Waals surface area contributed by atoms with E-state index in [2.05, 4.69) is 6.07 Å². The van der Waals surface area contributed by atoms with E-state index in [0.717, 1.165) is 24.8 Å². The summed E-state index contributed by atoms with van der Waals surface area (Å²) in [6.07, 6.45) is 2.71. The van der Waals surface area contributed by atoms with Crippen molar-refractivity contribution in [3.05, 3.63) is 35.4 Å². The average molecular weight is 249 g/mol. The van der Waals surface area contributed by atoms with E-state index in [1.165, 1.54) is 26.0 Å². The SMILES string of the molecule is CC(C)C(F)(F)c1ccc(C2(C#N)CCC2)cc1. The van der Waals surface area contributed by atoms with Gasteiger partial charge in [-0.15, -0.1) is 0 Å². The van der Waals surface area contributed by atoms with Gasteiger partial charge in [-0.25, -0.2) is 8.78 Å². The lowest BCUT2D eigenvalue weighted by molar-refractivity contribution is -0.0514. The molecule has 18 heavy (non-hydrogen) atoms. The van der Waals surface area contributed by atoms with Gasteiger partial charge < -0.3 is 0 Å². The van der Waals surface area contributed by atoms with Crippen LogP contribution in [-0.4, -0.2) is 0 Å². The van der Waals surface area contributed by atoms with Crippen molar-refractivity contribution in [3.63, 3.8) is 0 Å². The molecule has 96 valence electrons. The van der Waals surface area contributed by atoms with Gasteiger partial charge in [-0.2, -0.15) is 5.26 Å². The largest absolute Gasteiger partial charge is 0.275 e. The van der Waals surface area contributed by atoms with E-state index in [1.54, 1.807) is 12.1 Å². The third kappa shape index (κ3) is 1.90. The van der Waals surface area contributed by atoms with Crippen LogP contribution in [0.5, 0.6) is 0 Å².